The number of benzene rings is 1. The third-order valence-corrected chi connectivity index (χ3v) is 7.05. The Morgan fingerprint density at radius 2 is 2.06 bits per heavy atom. The fraction of sp³-hybridized carbons (Fsp3) is 0.308. The highest BCUT2D eigenvalue weighted by molar-refractivity contribution is 7.99. The predicted octanol–water partition coefficient (Wildman–Crippen LogP) is 4.39. The lowest BCUT2D eigenvalue weighted by Crippen LogP contribution is -2.26. The summed E-state index contributed by atoms with van der Waals surface area (Å²) in [5.74, 6) is -2.07. The fourth-order valence-corrected chi connectivity index (χ4v) is 5.31. The smallest absolute Gasteiger partial charge is 0.338 e. The molecule has 1 aliphatic heterocycles. The minimum atomic E-state index is -0.956. The van der Waals surface area contributed by atoms with E-state index in [2.05, 4.69) is 6.07 Å². The van der Waals surface area contributed by atoms with E-state index in [0.717, 1.165) is 43.4 Å². The number of methoxy groups -OCH3 is 1. The summed E-state index contributed by atoms with van der Waals surface area (Å²) in [6.45, 7) is 0. The highest BCUT2D eigenvalue weighted by Gasteiger charge is 2.37. The average Bonchev–Trinajstić information content (AvgIpc) is 3.10. The number of esters is 1. The van der Waals surface area contributed by atoms with Crippen molar-refractivity contribution >= 4 is 17.7 Å². The molecule has 1 aromatic heterocycles. The minimum Gasteiger partial charge on any atom is -0.466 e. The van der Waals surface area contributed by atoms with Crippen molar-refractivity contribution in [1.29, 1.82) is 10.5 Å². The van der Waals surface area contributed by atoms with E-state index in [0.29, 0.717) is 16.2 Å². The lowest BCUT2D eigenvalue weighted by Gasteiger charge is -2.28. The van der Waals surface area contributed by atoms with Crippen LogP contribution in [0.15, 0.2) is 58.1 Å². The van der Waals surface area contributed by atoms with Crippen LogP contribution in [0.5, 0.6) is 0 Å². The van der Waals surface area contributed by atoms with E-state index < -0.39 is 17.7 Å². The van der Waals surface area contributed by atoms with Gasteiger partial charge in [-0.1, -0.05) is 30.3 Å². The van der Waals surface area contributed by atoms with Gasteiger partial charge in [0.25, 0.3) is 0 Å². The van der Waals surface area contributed by atoms with Crippen molar-refractivity contribution in [2.75, 3.05) is 12.9 Å². The van der Waals surface area contributed by atoms with Gasteiger partial charge < -0.3 is 15.2 Å². The van der Waals surface area contributed by atoms with Crippen LogP contribution in [0.1, 0.15) is 47.6 Å². The molecule has 178 valence electrons. The van der Waals surface area contributed by atoms with Gasteiger partial charge in [0.05, 0.1) is 29.9 Å². The molecule has 1 atom stereocenters. The van der Waals surface area contributed by atoms with Crippen LogP contribution >= 0.6 is 11.8 Å². The number of halogens is 1. The van der Waals surface area contributed by atoms with E-state index in [4.69, 9.17) is 20.2 Å². The minimum absolute atomic E-state index is 0.00869. The molecule has 2 aliphatic rings. The van der Waals surface area contributed by atoms with Crippen molar-refractivity contribution in [3.63, 3.8) is 0 Å². The average molecular weight is 491 g/mol. The summed E-state index contributed by atoms with van der Waals surface area (Å²) in [5, 5.41) is 20.0. The molecule has 0 spiro atoms. The fourth-order valence-electron chi connectivity index (χ4n) is 4.39. The van der Waals surface area contributed by atoms with Crippen LogP contribution in [0.2, 0.25) is 0 Å². The highest BCUT2D eigenvalue weighted by Crippen LogP contribution is 2.41. The molecule has 1 aliphatic carbocycles. The molecular weight excluding hydrogens is 467 g/mol. The predicted molar refractivity (Wildman–Crippen MR) is 127 cm³/mol. The van der Waals surface area contributed by atoms with Crippen molar-refractivity contribution in [2.45, 2.75) is 43.0 Å². The number of hydrogen-bond donors (Lipinski definition) is 1. The Morgan fingerprint density at radius 1 is 1.26 bits per heavy atom. The summed E-state index contributed by atoms with van der Waals surface area (Å²) in [6, 6.07) is 11.7. The number of pyridine rings is 1. The summed E-state index contributed by atoms with van der Waals surface area (Å²) in [4.78, 5) is 17.6. The molecule has 2 heterocycles. The Labute approximate surface area is 207 Å². The van der Waals surface area contributed by atoms with E-state index >= 15 is 0 Å². The molecule has 2 aromatic rings. The van der Waals surface area contributed by atoms with E-state index in [1.165, 1.54) is 37.1 Å². The number of carbonyl (C=O) groups is 1. The van der Waals surface area contributed by atoms with Gasteiger partial charge in [-0.3, -0.25) is 0 Å². The Balaban J connectivity index is 1.75. The molecule has 0 fully saturated rings. The summed E-state index contributed by atoms with van der Waals surface area (Å²) in [7, 11) is 1.22. The second kappa shape index (κ2) is 10.6. The van der Waals surface area contributed by atoms with E-state index in [9.17, 15) is 19.7 Å². The molecule has 0 bridgehead atoms. The van der Waals surface area contributed by atoms with Gasteiger partial charge in [0.1, 0.15) is 34.3 Å². The summed E-state index contributed by atoms with van der Waals surface area (Å²) in [5.41, 5.74) is 9.02. The van der Waals surface area contributed by atoms with Crippen molar-refractivity contribution in [3.8, 4) is 12.1 Å². The second-order valence-electron chi connectivity index (χ2n) is 8.22. The van der Waals surface area contributed by atoms with Gasteiger partial charge in [-0.05, 0) is 55.0 Å². The Bertz CT molecular complexity index is 1320. The van der Waals surface area contributed by atoms with Crippen molar-refractivity contribution in [1.82, 2.24) is 4.98 Å². The maximum Gasteiger partial charge on any atom is 0.338 e. The molecule has 1 aromatic carbocycles. The Morgan fingerprint density at radius 3 is 2.77 bits per heavy atom. The van der Waals surface area contributed by atoms with Gasteiger partial charge in [-0.2, -0.15) is 10.5 Å². The maximum atomic E-state index is 14.0. The van der Waals surface area contributed by atoms with Gasteiger partial charge in [-0.15, -0.1) is 0 Å². The van der Waals surface area contributed by atoms with Crippen LogP contribution in [0.4, 0.5) is 4.39 Å². The monoisotopic (exact) mass is 490 g/mol. The number of hydrogen-bond acceptors (Lipinski definition) is 8. The van der Waals surface area contributed by atoms with Gasteiger partial charge in [0, 0.05) is 5.69 Å². The van der Waals surface area contributed by atoms with Gasteiger partial charge in [0.2, 0.25) is 5.88 Å². The van der Waals surface area contributed by atoms with Crippen LogP contribution in [0, 0.1) is 28.5 Å². The Hall–Kier alpha value is -3.82. The summed E-state index contributed by atoms with van der Waals surface area (Å²) in [6.07, 6.45) is 4.99. The number of aromatic nitrogens is 1. The van der Waals surface area contributed by atoms with E-state index in [1.54, 1.807) is 6.07 Å². The zero-order chi connectivity index (χ0) is 24.9. The molecule has 0 amide bonds. The van der Waals surface area contributed by atoms with Gasteiger partial charge >= 0.3 is 5.97 Å². The van der Waals surface area contributed by atoms with E-state index in [1.807, 2.05) is 12.1 Å². The highest BCUT2D eigenvalue weighted by atomic mass is 32.2. The number of carbonyl (C=O) groups excluding carboxylic acids is 1. The molecule has 35 heavy (non-hydrogen) atoms. The molecule has 2 N–H and O–H groups in total. The Kier molecular flexibility index (Phi) is 7.38. The largest absolute Gasteiger partial charge is 0.466 e. The SMILES string of the molecule is COC(=O)C1=C(CSc2nc3c(cc2C#N)CCCCC3)OC(N)=C(C#N)[C@H]1c1cccc(F)c1. The number of ether oxygens (including phenoxy) is 2. The molecule has 0 unspecified atom stereocenters. The van der Waals surface area contributed by atoms with Gasteiger partial charge in [0.15, 0.2) is 0 Å². The number of allylic oxidation sites excluding steroid dienone is 1. The maximum absolute atomic E-state index is 14.0. The number of thioether (sulfide) groups is 1. The van der Waals surface area contributed by atoms with Crippen LogP contribution in [-0.4, -0.2) is 23.8 Å². The zero-order valence-corrected chi connectivity index (χ0v) is 20.0. The standard InChI is InChI=1S/C26H23FN4O3S/c1-33-26(32)23-21(34-24(30)19(13-29)22(23)16-7-5-8-18(27)11-16)14-35-25-17(12-28)10-15-6-3-2-4-9-20(15)31-25/h5,7-8,10-11,22H,2-4,6,9,14,30H2,1H3/t22-/m1/s1. The van der Waals surface area contributed by atoms with Crippen LogP contribution < -0.4 is 5.73 Å². The number of aryl methyl sites for hydroxylation is 2. The lowest BCUT2D eigenvalue weighted by molar-refractivity contribution is -0.136. The van der Waals surface area contributed by atoms with Crippen molar-refractivity contribution < 1.29 is 18.7 Å². The summed E-state index contributed by atoms with van der Waals surface area (Å²) < 4.78 is 24.8. The van der Waals surface area contributed by atoms with Crippen LogP contribution in [-0.2, 0) is 27.1 Å². The number of nitrogens with two attached hydrogens (primary N) is 1. The summed E-state index contributed by atoms with van der Waals surface area (Å²) >= 11 is 1.24. The van der Waals surface area contributed by atoms with Gasteiger partial charge in [-0.25, -0.2) is 14.2 Å². The first-order valence-electron chi connectivity index (χ1n) is 11.2. The molecule has 0 saturated carbocycles. The first kappa shape index (κ1) is 24.3. The third kappa shape index (κ3) is 5.01. The van der Waals surface area contributed by atoms with E-state index in [-0.39, 0.29) is 28.5 Å². The number of fused-ring (bicyclic) bond motifs is 1. The number of nitriles is 2. The second-order valence-corrected chi connectivity index (χ2v) is 9.18. The normalized spacial score (nSPS) is 17.5. The lowest BCUT2D eigenvalue weighted by atomic mass is 9.83. The third-order valence-electron chi connectivity index (χ3n) is 6.06. The topological polar surface area (TPSA) is 122 Å². The molecule has 9 heteroatoms. The van der Waals surface area contributed by atoms with Crippen molar-refractivity contribution in [3.05, 3.63) is 81.3 Å². The molecule has 4 rings (SSSR count). The molecule has 7 nitrogen and oxygen atoms in total. The zero-order valence-electron chi connectivity index (χ0n) is 19.1. The van der Waals surface area contributed by atoms with Crippen molar-refractivity contribution in [2.24, 2.45) is 5.73 Å². The van der Waals surface area contributed by atoms with Crippen LogP contribution in [0.3, 0.4) is 0 Å². The first-order valence-corrected chi connectivity index (χ1v) is 12.2. The number of nitrogens with zero attached hydrogens (tertiary/aromatic N) is 3. The molecule has 0 saturated heterocycles. The first-order chi connectivity index (χ1) is 17.0. The molecular formula is C26H23FN4O3S. The van der Waals surface area contributed by atoms with Crippen LogP contribution in [0.25, 0.3) is 0 Å². The molecule has 0 radical (unpaired) electrons. The quantitative estimate of drug-likeness (QED) is 0.372. The number of rotatable bonds is 5.